The lowest BCUT2D eigenvalue weighted by molar-refractivity contribution is -0.870. The molecule has 2 N–H and O–H groups in total. The maximum Gasteiger partial charge on any atom is 0.268 e. The predicted octanol–water partition coefficient (Wildman–Crippen LogP) is 12.3. The Kier molecular flexibility index (Phi) is 37.7. The molecular weight excluding hydrogens is 695 g/mol. The Morgan fingerprint density at radius 3 is 1.26 bits per heavy atom. The van der Waals surface area contributed by atoms with Gasteiger partial charge in [-0.05, 0) is 12.8 Å². The average Bonchev–Trinajstić information content (AvgIpc) is 3.12. The molecule has 54 heavy (non-hydrogen) atoms. The fraction of sp³-hybridized carbons (Fsp3) is 0.978. The van der Waals surface area contributed by atoms with Gasteiger partial charge in [-0.3, -0.25) is 9.36 Å². The van der Waals surface area contributed by atoms with Crippen molar-refractivity contribution in [2.24, 2.45) is 0 Å². The number of hydrogen-bond donors (Lipinski definition) is 2. The lowest BCUT2D eigenvalue weighted by atomic mass is 10.0. The van der Waals surface area contributed by atoms with Crippen molar-refractivity contribution < 1.29 is 32.9 Å². The van der Waals surface area contributed by atoms with Crippen molar-refractivity contribution in [3.05, 3.63) is 0 Å². The zero-order chi connectivity index (χ0) is 40.0. The van der Waals surface area contributed by atoms with Crippen LogP contribution < -0.4 is 10.2 Å². The average molecular weight is 789 g/mol. The van der Waals surface area contributed by atoms with Gasteiger partial charge < -0.3 is 28.8 Å². The molecule has 3 atom stereocenters. The molecule has 0 aromatic heterocycles. The van der Waals surface area contributed by atoms with Crippen LogP contribution in [0, 0.1) is 0 Å². The van der Waals surface area contributed by atoms with E-state index in [0.29, 0.717) is 23.9 Å². The van der Waals surface area contributed by atoms with Crippen LogP contribution in [0.15, 0.2) is 0 Å². The minimum Gasteiger partial charge on any atom is -0.756 e. The summed E-state index contributed by atoms with van der Waals surface area (Å²) in [6, 6.07) is -0.790. The van der Waals surface area contributed by atoms with Crippen molar-refractivity contribution in [3.8, 4) is 0 Å². The van der Waals surface area contributed by atoms with Gasteiger partial charge in [-0.2, -0.15) is 0 Å². The van der Waals surface area contributed by atoms with E-state index in [2.05, 4.69) is 19.2 Å². The van der Waals surface area contributed by atoms with Gasteiger partial charge in [-0.1, -0.05) is 213 Å². The molecule has 0 spiro atoms. The molecule has 0 saturated carbocycles. The maximum atomic E-state index is 12.7. The molecule has 0 aliphatic carbocycles. The number of hydrogen-bond acceptors (Lipinski definition) is 6. The molecule has 9 heteroatoms. The summed E-state index contributed by atoms with van der Waals surface area (Å²) in [6.07, 6.45) is 42.3. The third-order valence-corrected chi connectivity index (χ3v) is 11.8. The van der Waals surface area contributed by atoms with Gasteiger partial charge in [-0.15, -0.1) is 0 Å². The highest BCUT2D eigenvalue weighted by atomic mass is 31.2. The second-order valence-electron chi connectivity index (χ2n) is 17.5. The van der Waals surface area contributed by atoms with Crippen molar-refractivity contribution >= 4 is 13.7 Å². The van der Waals surface area contributed by atoms with Crippen LogP contribution in [-0.2, 0) is 18.4 Å². The van der Waals surface area contributed by atoms with Gasteiger partial charge in [-0.25, -0.2) is 0 Å². The highest BCUT2D eigenvalue weighted by molar-refractivity contribution is 7.45. The highest BCUT2D eigenvalue weighted by Gasteiger charge is 2.24. The quantitative estimate of drug-likeness (QED) is 0.0362. The normalized spacial score (nSPS) is 14.3. The van der Waals surface area contributed by atoms with E-state index in [4.69, 9.17) is 9.05 Å². The SMILES string of the molecule is CCCCCCCCCCCCCCCCCCCCCCCCCCCCCCCC(=O)NC(COP(=O)([O-])OCC[N+](C)(C)C)C(O)CCCCC. The first-order valence-corrected chi connectivity index (χ1v) is 24.8. The van der Waals surface area contributed by atoms with E-state index in [1.807, 2.05) is 21.1 Å². The summed E-state index contributed by atoms with van der Waals surface area (Å²) in [6.45, 7) is 4.57. The fourth-order valence-electron chi connectivity index (χ4n) is 7.10. The summed E-state index contributed by atoms with van der Waals surface area (Å²) in [5.41, 5.74) is 0. The molecule has 0 saturated heterocycles. The van der Waals surface area contributed by atoms with Crippen molar-refractivity contribution in [3.63, 3.8) is 0 Å². The van der Waals surface area contributed by atoms with Crippen molar-refractivity contribution in [2.75, 3.05) is 40.9 Å². The minimum absolute atomic E-state index is 0.0139. The Bertz CT molecular complexity index is 855. The number of carbonyl (C=O) groups is 1. The lowest BCUT2D eigenvalue weighted by Gasteiger charge is -2.30. The number of rotatable bonds is 43. The molecule has 0 rings (SSSR count). The highest BCUT2D eigenvalue weighted by Crippen LogP contribution is 2.38. The zero-order valence-electron chi connectivity index (χ0n) is 36.7. The Labute approximate surface area is 336 Å². The zero-order valence-corrected chi connectivity index (χ0v) is 37.6. The van der Waals surface area contributed by atoms with Gasteiger partial charge in [0, 0.05) is 6.42 Å². The molecule has 0 heterocycles. The molecule has 8 nitrogen and oxygen atoms in total. The number of phosphoric acid groups is 1. The number of aliphatic hydroxyl groups excluding tert-OH is 1. The number of likely N-dealkylation sites (N-methyl/N-ethyl adjacent to an activating group) is 1. The van der Waals surface area contributed by atoms with Crippen molar-refractivity contribution in [2.45, 2.75) is 244 Å². The molecule has 0 aliphatic heterocycles. The van der Waals surface area contributed by atoms with Crippen LogP contribution in [0.2, 0.25) is 0 Å². The molecule has 0 bridgehead atoms. The number of nitrogens with zero attached hydrogens (tertiary/aromatic N) is 1. The minimum atomic E-state index is -4.53. The van der Waals surface area contributed by atoms with E-state index < -0.39 is 20.0 Å². The Balaban J connectivity index is 3.71. The molecule has 1 amide bonds. The third kappa shape index (κ3) is 39.7. The van der Waals surface area contributed by atoms with Crippen molar-refractivity contribution in [1.82, 2.24) is 5.32 Å². The second kappa shape index (κ2) is 38.0. The summed E-state index contributed by atoms with van der Waals surface area (Å²) >= 11 is 0. The molecule has 0 radical (unpaired) electrons. The Morgan fingerprint density at radius 1 is 0.574 bits per heavy atom. The molecule has 324 valence electrons. The summed E-state index contributed by atoms with van der Waals surface area (Å²) < 4.78 is 22.9. The largest absolute Gasteiger partial charge is 0.756 e. The summed E-state index contributed by atoms with van der Waals surface area (Å²) in [5, 5.41) is 13.6. The van der Waals surface area contributed by atoms with Gasteiger partial charge in [0.25, 0.3) is 7.82 Å². The molecule has 0 aromatic rings. The van der Waals surface area contributed by atoms with Gasteiger partial charge >= 0.3 is 0 Å². The van der Waals surface area contributed by atoms with Crippen LogP contribution in [0.5, 0.6) is 0 Å². The second-order valence-corrected chi connectivity index (χ2v) is 18.9. The lowest BCUT2D eigenvalue weighted by Crippen LogP contribution is -2.46. The first-order chi connectivity index (χ1) is 26.0. The topological polar surface area (TPSA) is 108 Å². The summed E-state index contributed by atoms with van der Waals surface area (Å²) in [7, 11) is 1.31. The first-order valence-electron chi connectivity index (χ1n) is 23.4. The van der Waals surface area contributed by atoms with Crippen LogP contribution in [-0.4, -0.2) is 68.5 Å². The van der Waals surface area contributed by atoms with Crippen molar-refractivity contribution in [1.29, 1.82) is 0 Å². The maximum absolute atomic E-state index is 12.7. The number of nitrogens with one attached hydrogen (secondary N) is 1. The van der Waals surface area contributed by atoms with E-state index in [0.717, 1.165) is 38.5 Å². The first kappa shape index (κ1) is 53.5. The molecule has 0 fully saturated rings. The Morgan fingerprint density at radius 2 is 0.907 bits per heavy atom. The number of carbonyl (C=O) groups excluding carboxylic acids is 1. The van der Waals surface area contributed by atoms with Gasteiger partial charge in [0.05, 0.1) is 39.9 Å². The Hall–Kier alpha value is -0.500. The number of unbranched alkanes of at least 4 members (excludes halogenated alkanes) is 30. The number of aliphatic hydroxyl groups is 1. The number of amides is 1. The fourth-order valence-corrected chi connectivity index (χ4v) is 7.82. The van der Waals surface area contributed by atoms with Crippen LogP contribution in [0.1, 0.15) is 232 Å². The summed E-state index contributed by atoms with van der Waals surface area (Å²) in [4.78, 5) is 25.0. The molecule has 3 unspecified atom stereocenters. The van der Waals surface area contributed by atoms with E-state index in [1.54, 1.807) is 0 Å². The van der Waals surface area contributed by atoms with Crippen LogP contribution >= 0.6 is 7.82 Å². The van der Waals surface area contributed by atoms with Gasteiger partial charge in [0.2, 0.25) is 5.91 Å². The van der Waals surface area contributed by atoms with E-state index >= 15 is 0 Å². The van der Waals surface area contributed by atoms with E-state index in [9.17, 15) is 19.4 Å². The molecular formula is C45H93N2O6P. The number of quaternary nitrogens is 1. The summed E-state index contributed by atoms with van der Waals surface area (Å²) in [5.74, 6) is -0.171. The van der Waals surface area contributed by atoms with Crippen LogP contribution in [0.4, 0.5) is 0 Å². The van der Waals surface area contributed by atoms with E-state index in [1.165, 1.54) is 167 Å². The third-order valence-electron chi connectivity index (χ3n) is 10.8. The van der Waals surface area contributed by atoms with Crippen LogP contribution in [0.25, 0.3) is 0 Å². The molecule has 0 aromatic carbocycles. The van der Waals surface area contributed by atoms with Crippen LogP contribution in [0.3, 0.4) is 0 Å². The number of phosphoric ester groups is 1. The standard InChI is InChI=1S/C45H93N2O6P/c1-6-8-10-11-12-13-14-15-16-17-18-19-20-21-22-23-24-25-26-27-28-29-30-31-32-33-34-35-37-39-45(49)46-43(44(48)38-36-9-7-2)42-53-54(50,51)52-41-40-47(3,4)5/h43-44,48H,6-42H2,1-5H3,(H-,46,49,50,51). The van der Waals surface area contributed by atoms with E-state index in [-0.39, 0.29) is 19.1 Å². The van der Waals surface area contributed by atoms with Gasteiger partial charge in [0.15, 0.2) is 0 Å². The predicted molar refractivity (Wildman–Crippen MR) is 229 cm³/mol. The smallest absolute Gasteiger partial charge is 0.268 e. The van der Waals surface area contributed by atoms with Gasteiger partial charge in [0.1, 0.15) is 13.2 Å². The monoisotopic (exact) mass is 789 g/mol. The molecule has 0 aliphatic rings.